The molecule has 0 saturated heterocycles. The summed E-state index contributed by atoms with van der Waals surface area (Å²) in [6.45, 7) is 4.89. The Bertz CT molecular complexity index is 817. The molecule has 0 radical (unpaired) electrons. The summed E-state index contributed by atoms with van der Waals surface area (Å²) in [4.78, 5) is 35.6. The molecule has 0 aliphatic carbocycles. The van der Waals surface area contributed by atoms with Gasteiger partial charge in [0.05, 0.1) is 5.56 Å². The summed E-state index contributed by atoms with van der Waals surface area (Å²) >= 11 is 1.15. The van der Waals surface area contributed by atoms with Crippen LogP contribution in [-0.2, 0) is 14.3 Å². The van der Waals surface area contributed by atoms with Gasteiger partial charge in [-0.05, 0) is 49.9 Å². The molecular formula is C18H20N2O5S. The fraction of sp³-hybridized carbons (Fsp3) is 0.278. The molecule has 1 aromatic heterocycles. The van der Waals surface area contributed by atoms with Gasteiger partial charge < -0.3 is 20.5 Å². The molecule has 7 nitrogen and oxygen atoms in total. The molecule has 0 unspecified atom stereocenters. The number of carbonyl (C=O) groups is 3. The van der Waals surface area contributed by atoms with E-state index in [-0.39, 0.29) is 5.56 Å². The molecule has 2 amide bonds. The van der Waals surface area contributed by atoms with E-state index in [1.807, 2.05) is 19.1 Å². The number of hydrogen-bond donors (Lipinski definition) is 2. The third kappa shape index (κ3) is 5.06. The van der Waals surface area contributed by atoms with Crippen LogP contribution in [0.5, 0.6) is 5.75 Å². The minimum absolute atomic E-state index is 0.207. The lowest BCUT2D eigenvalue weighted by molar-refractivity contribution is -0.159. The lowest BCUT2D eigenvalue weighted by Crippen LogP contribution is -2.35. The molecule has 2 atom stereocenters. The van der Waals surface area contributed by atoms with Gasteiger partial charge in [-0.1, -0.05) is 12.1 Å². The highest BCUT2D eigenvalue weighted by molar-refractivity contribution is 7.14. The molecule has 26 heavy (non-hydrogen) atoms. The Morgan fingerprint density at radius 1 is 1.15 bits per heavy atom. The maximum absolute atomic E-state index is 12.2. The van der Waals surface area contributed by atoms with E-state index in [4.69, 9.17) is 15.2 Å². The summed E-state index contributed by atoms with van der Waals surface area (Å²) in [5.74, 6) is -1.34. The number of primary amides is 1. The summed E-state index contributed by atoms with van der Waals surface area (Å²) in [5.41, 5.74) is 6.43. The molecule has 0 fully saturated rings. The minimum Gasteiger partial charge on any atom is -0.479 e. The predicted octanol–water partition coefficient (Wildman–Crippen LogP) is 2.49. The van der Waals surface area contributed by atoms with E-state index in [0.29, 0.717) is 10.8 Å². The highest BCUT2D eigenvalue weighted by Crippen LogP contribution is 2.23. The number of esters is 1. The van der Waals surface area contributed by atoms with Gasteiger partial charge in [0.2, 0.25) is 0 Å². The molecule has 3 N–H and O–H groups in total. The van der Waals surface area contributed by atoms with Crippen molar-refractivity contribution in [2.45, 2.75) is 33.0 Å². The molecule has 0 bridgehead atoms. The van der Waals surface area contributed by atoms with Gasteiger partial charge in [0, 0.05) is 0 Å². The number of benzene rings is 1. The van der Waals surface area contributed by atoms with Gasteiger partial charge >= 0.3 is 5.97 Å². The number of ether oxygens (including phenoxy) is 2. The van der Waals surface area contributed by atoms with Crippen molar-refractivity contribution in [3.05, 3.63) is 46.8 Å². The van der Waals surface area contributed by atoms with Gasteiger partial charge in [-0.25, -0.2) is 4.79 Å². The highest BCUT2D eigenvalue weighted by atomic mass is 32.1. The van der Waals surface area contributed by atoms with Crippen molar-refractivity contribution in [2.24, 2.45) is 5.73 Å². The first-order valence-corrected chi connectivity index (χ1v) is 8.78. The largest absolute Gasteiger partial charge is 0.479 e. The molecular weight excluding hydrogens is 356 g/mol. The minimum atomic E-state index is -1.06. The molecule has 0 saturated carbocycles. The molecule has 0 aliphatic heterocycles. The Morgan fingerprint density at radius 3 is 2.54 bits per heavy atom. The number of nitrogens with two attached hydrogens (primary N) is 1. The number of thiophene rings is 1. The van der Waals surface area contributed by atoms with E-state index in [9.17, 15) is 14.4 Å². The van der Waals surface area contributed by atoms with Crippen molar-refractivity contribution >= 4 is 34.1 Å². The second kappa shape index (κ2) is 8.48. The van der Waals surface area contributed by atoms with Crippen LogP contribution in [0.3, 0.4) is 0 Å². The van der Waals surface area contributed by atoms with E-state index in [2.05, 4.69) is 5.32 Å². The molecule has 8 heteroatoms. The number of rotatable bonds is 7. The number of hydrogen-bond acceptors (Lipinski definition) is 6. The first-order chi connectivity index (χ1) is 12.3. The van der Waals surface area contributed by atoms with Crippen LogP contribution < -0.4 is 15.8 Å². The molecule has 2 aromatic rings. The molecule has 0 spiro atoms. The summed E-state index contributed by atoms with van der Waals surface area (Å²) in [5, 5.41) is 4.48. The zero-order valence-corrected chi connectivity index (χ0v) is 15.5. The average molecular weight is 376 g/mol. The van der Waals surface area contributed by atoms with Crippen molar-refractivity contribution in [1.29, 1.82) is 0 Å². The van der Waals surface area contributed by atoms with E-state index < -0.39 is 30.0 Å². The van der Waals surface area contributed by atoms with Crippen molar-refractivity contribution in [1.82, 2.24) is 0 Å². The van der Waals surface area contributed by atoms with E-state index >= 15 is 0 Å². The first kappa shape index (κ1) is 19.5. The third-order valence-electron chi connectivity index (χ3n) is 3.46. The van der Waals surface area contributed by atoms with Gasteiger partial charge in [0.1, 0.15) is 10.8 Å². The van der Waals surface area contributed by atoms with Crippen LogP contribution in [0.2, 0.25) is 0 Å². The topological polar surface area (TPSA) is 108 Å². The molecule has 0 aliphatic rings. The fourth-order valence-corrected chi connectivity index (χ4v) is 2.87. The van der Waals surface area contributed by atoms with Crippen LogP contribution in [-0.4, -0.2) is 30.0 Å². The van der Waals surface area contributed by atoms with Crippen LogP contribution in [0.15, 0.2) is 35.7 Å². The van der Waals surface area contributed by atoms with Crippen molar-refractivity contribution in [2.75, 3.05) is 5.32 Å². The van der Waals surface area contributed by atoms with Crippen LogP contribution in [0.1, 0.15) is 29.8 Å². The van der Waals surface area contributed by atoms with E-state index in [1.165, 1.54) is 13.0 Å². The maximum Gasteiger partial charge on any atom is 0.347 e. The molecule has 1 aromatic carbocycles. The second-order valence-electron chi connectivity index (χ2n) is 5.67. The second-order valence-corrected chi connectivity index (χ2v) is 6.59. The smallest absolute Gasteiger partial charge is 0.347 e. The lowest BCUT2D eigenvalue weighted by Gasteiger charge is -2.18. The third-order valence-corrected chi connectivity index (χ3v) is 4.29. The molecule has 2 rings (SSSR count). The van der Waals surface area contributed by atoms with Crippen LogP contribution in [0.4, 0.5) is 5.00 Å². The molecule has 1 heterocycles. The zero-order valence-electron chi connectivity index (χ0n) is 14.6. The van der Waals surface area contributed by atoms with Crippen LogP contribution in [0.25, 0.3) is 0 Å². The standard InChI is InChI=1S/C18H20N2O5S/c1-10-5-4-6-13(9-10)24-12(3)18(23)25-11(2)16(22)20-17-14(15(19)21)7-8-26-17/h4-9,11-12H,1-3H3,(H2,19,21)(H,20,22)/t11-,12-/m0/s1. The van der Waals surface area contributed by atoms with Gasteiger partial charge in [0.15, 0.2) is 12.2 Å². The number of anilines is 1. The normalized spacial score (nSPS) is 12.7. The van der Waals surface area contributed by atoms with Gasteiger partial charge in [-0.3, -0.25) is 9.59 Å². The fourth-order valence-electron chi connectivity index (χ4n) is 2.08. The number of nitrogens with one attached hydrogen (secondary N) is 1. The predicted molar refractivity (Wildman–Crippen MR) is 98.3 cm³/mol. The van der Waals surface area contributed by atoms with Crippen molar-refractivity contribution < 1.29 is 23.9 Å². The van der Waals surface area contributed by atoms with E-state index in [1.54, 1.807) is 24.4 Å². The van der Waals surface area contributed by atoms with Crippen LogP contribution >= 0.6 is 11.3 Å². The number of carbonyl (C=O) groups excluding carboxylic acids is 3. The average Bonchev–Trinajstić information content (AvgIpc) is 3.03. The Balaban J connectivity index is 1.92. The van der Waals surface area contributed by atoms with Gasteiger partial charge in [-0.2, -0.15) is 0 Å². The first-order valence-electron chi connectivity index (χ1n) is 7.90. The SMILES string of the molecule is Cc1cccc(O[C@@H](C)C(=O)O[C@@H](C)C(=O)Nc2sccc2C(N)=O)c1. The summed E-state index contributed by atoms with van der Waals surface area (Å²) in [6, 6.07) is 8.76. The summed E-state index contributed by atoms with van der Waals surface area (Å²) < 4.78 is 10.7. The lowest BCUT2D eigenvalue weighted by atomic mass is 10.2. The van der Waals surface area contributed by atoms with Crippen molar-refractivity contribution in [3.8, 4) is 5.75 Å². The Morgan fingerprint density at radius 2 is 1.88 bits per heavy atom. The van der Waals surface area contributed by atoms with Crippen molar-refractivity contribution in [3.63, 3.8) is 0 Å². The van der Waals surface area contributed by atoms with Gasteiger partial charge in [-0.15, -0.1) is 11.3 Å². The van der Waals surface area contributed by atoms with E-state index in [0.717, 1.165) is 16.9 Å². The summed E-state index contributed by atoms with van der Waals surface area (Å²) in [7, 11) is 0. The summed E-state index contributed by atoms with van der Waals surface area (Å²) in [6.07, 6.45) is -1.94. The zero-order chi connectivity index (χ0) is 19.3. The monoisotopic (exact) mass is 376 g/mol. The maximum atomic E-state index is 12.2. The quantitative estimate of drug-likeness (QED) is 0.722. The van der Waals surface area contributed by atoms with Gasteiger partial charge in [0.25, 0.3) is 11.8 Å². The van der Waals surface area contributed by atoms with Crippen LogP contribution in [0, 0.1) is 6.92 Å². The Kier molecular flexibility index (Phi) is 6.35. The number of aryl methyl sites for hydroxylation is 1. The Labute approximate surface area is 155 Å². The number of amides is 2. The highest BCUT2D eigenvalue weighted by Gasteiger charge is 2.24. The Hall–Kier alpha value is -2.87. The molecule has 138 valence electrons.